The van der Waals surface area contributed by atoms with Gasteiger partial charge in [-0.3, -0.25) is 4.79 Å². The van der Waals surface area contributed by atoms with E-state index >= 15 is 0 Å². The van der Waals surface area contributed by atoms with Crippen LogP contribution >= 0.6 is 15.9 Å². The molecule has 0 aliphatic carbocycles. The van der Waals surface area contributed by atoms with E-state index in [2.05, 4.69) is 26.0 Å². The zero-order valence-corrected chi connectivity index (χ0v) is 16.9. The number of nitrogens with zero attached hydrogens (tertiary/aromatic N) is 1. The van der Waals surface area contributed by atoms with Crippen LogP contribution in [0.4, 0.5) is 5.69 Å². The molecule has 0 aromatic heterocycles. The Morgan fingerprint density at radius 2 is 1.81 bits per heavy atom. The Kier molecular flexibility index (Phi) is 7.62. The molecule has 140 valence electrons. The second-order valence-electron chi connectivity index (χ2n) is 5.71. The number of carbonyl (C=O) groups is 1. The first kappa shape index (κ1) is 20.4. The maximum Gasteiger partial charge on any atom is 0.240 e. The van der Waals surface area contributed by atoms with E-state index in [4.69, 9.17) is 0 Å². The highest BCUT2D eigenvalue weighted by atomic mass is 79.9. The summed E-state index contributed by atoms with van der Waals surface area (Å²) in [5.41, 5.74) is 1.07. The third-order valence-corrected chi connectivity index (χ3v) is 5.67. The third kappa shape index (κ3) is 6.44. The van der Waals surface area contributed by atoms with E-state index in [-0.39, 0.29) is 23.8 Å². The lowest BCUT2D eigenvalue weighted by Gasteiger charge is -2.19. The standard InChI is InChI=1S/C18H22BrN3O3S/c1-22(16-7-3-2-4-8-16)13-12-20-18(23)10-11-21-26(24,25)17-9-5-6-15(19)14-17/h2-9,14,21H,10-13H2,1H3,(H,20,23). The number of halogens is 1. The highest BCUT2D eigenvalue weighted by molar-refractivity contribution is 9.10. The Morgan fingerprint density at radius 3 is 2.50 bits per heavy atom. The van der Waals surface area contributed by atoms with E-state index in [0.29, 0.717) is 17.6 Å². The van der Waals surface area contributed by atoms with Gasteiger partial charge in [0.2, 0.25) is 15.9 Å². The molecule has 0 spiro atoms. The van der Waals surface area contributed by atoms with Crippen molar-refractivity contribution in [2.24, 2.45) is 0 Å². The molecule has 0 saturated heterocycles. The first-order valence-corrected chi connectivity index (χ1v) is 10.4. The fraction of sp³-hybridized carbons (Fsp3) is 0.278. The first-order valence-electron chi connectivity index (χ1n) is 8.16. The summed E-state index contributed by atoms with van der Waals surface area (Å²) in [5, 5.41) is 2.80. The van der Waals surface area contributed by atoms with Gasteiger partial charge in [0.15, 0.2) is 0 Å². The Labute approximate surface area is 162 Å². The van der Waals surface area contributed by atoms with Crippen LogP contribution in [0.5, 0.6) is 0 Å². The molecule has 0 fully saturated rings. The van der Waals surface area contributed by atoms with E-state index in [1.54, 1.807) is 12.1 Å². The Morgan fingerprint density at radius 1 is 1.08 bits per heavy atom. The maximum atomic E-state index is 12.2. The van der Waals surface area contributed by atoms with Gasteiger partial charge in [0.05, 0.1) is 4.90 Å². The summed E-state index contributed by atoms with van der Waals surface area (Å²) in [6, 6.07) is 16.3. The average Bonchev–Trinajstić information content (AvgIpc) is 2.62. The number of anilines is 1. The molecule has 1 amide bonds. The van der Waals surface area contributed by atoms with Crippen LogP contribution in [0.15, 0.2) is 64.0 Å². The van der Waals surface area contributed by atoms with Gasteiger partial charge in [-0.2, -0.15) is 0 Å². The lowest BCUT2D eigenvalue weighted by Crippen LogP contribution is -2.35. The maximum absolute atomic E-state index is 12.2. The quantitative estimate of drug-likeness (QED) is 0.628. The summed E-state index contributed by atoms with van der Waals surface area (Å²) in [7, 11) is -1.66. The molecule has 8 heteroatoms. The highest BCUT2D eigenvalue weighted by Gasteiger charge is 2.14. The van der Waals surface area contributed by atoms with Gasteiger partial charge in [-0.15, -0.1) is 0 Å². The second kappa shape index (κ2) is 9.70. The Bertz CT molecular complexity index is 829. The molecule has 0 aliphatic rings. The van der Waals surface area contributed by atoms with Crippen molar-refractivity contribution in [3.8, 4) is 0 Å². The minimum Gasteiger partial charge on any atom is -0.373 e. The Balaban J connectivity index is 1.70. The van der Waals surface area contributed by atoms with Crippen LogP contribution in [0.3, 0.4) is 0 Å². The van der Waals surface area contributed by atoms with Crippen molar-refractivity contribution in [1.29, 1.82) is 0 Å². The molecule has 26 heavy (non-hydrogen) atoms. The number of hydrogen-bond acceptors (Lipinski definition) is 4. The predicted octanol–water partition coefficient (Wildman–Crippen LogP) is 2.37. The lowest BCUT2D eigenvalue weighted by atomic mass is 10.3. The van der Waals surface area contributed by atoms with Crippen LogP contribution in [-0.4, -0.2) is 41.0 Å². The summed E-state index contributed by atoms with van der Waals surface area (Å²) in [6.45, 7) is 1.21. The van der Waals surface area contributed by atoms with Crippen LogP contribution < -0.4 is 14.9 Å². The minimum absolute atomic E-state index is 0.0508. The number of para-hydroxylation sites is 1. The smallest absolute Gasteiger partial charge is 0.240 e. The molecular formula is C18H22BrN3O3S. The molecule has 0 bridgehead atoms. The largest absolute Gasteiger partial charge is 0.373 e. The first-order chi connectivity index (χ1) is 12.4. The fourth-order valence-electron chi connectivity index (χ4n) is 2.28. The number of amides is 1. The van der Waals surface area contributed by atoms with Gasteiger partial charge in [-0.1, -0.05) is 40.2 Å². The molecule has 0 heterocycles. The second-order valence-corrected chi connectivity index (χ2v) is 8.39. The van der Waals surface area contributed by atoms with Gasteiger partial charge in [-0.05, 0) is 30.3 Å². The average molecular weight is 440 g/mol. The van der Waals surface area contributed by atoms with Crippen molar-refractivity contribution in [3.05, 3.63) is 59.1 Å². The van der Waals surface area contributed by atoms with Crippen LogP contribution in [0.1, 0.15) is 6.42 Å². The predicted molar refractivity (Wildman–Crippen MR) is 107 cm³/mol. The number of nitrogens with one attached hydrogen (secondary N) is 2. The number of hydrogen-bond donors (Lipinski definition) is 2. The van der Waals surface area contributed by atoms with Crippen molar-refractivity contribution >= 4 is 37.5 Å². The topological polar surface area (TPSA) is 78.5 Å². The Hall–Kier alpha value is -1.90. The number of rotatable bonds is 9. The summed E-state index contributed by atoms with van der Waals surface area (Å²) < 4.78 is 27.4. The molecule has 0 saturated carbocycles. The van der Waals surface area contributed by atoms with Gasteiger partial charge < -0.3 is 10.2 Å². The monoisotopic (exact) mass is 439 g/mol. The molecule has 0 radical (unpaired) electrons. The molecule has 6 nitrogen and oxygen atoms in total. The van der Waals surface area contributed by atoms with E-state index in [9.17, 15) is 13.2 Å². The molecule has 2 aromatic carbocycles. The summed E-state index contributed by atoms with van der Waals surface area (Å²) in [4.78, 5) is 14.1. The number of likely N-dealkylation sites (N-methyl/N-ethyl adjacent to an activating group) is 1. The van der Waals surface area contributed by atoms with E-state index in [0.717, 1.165) is 5.69 Å². The van der Waals surface area contributed by atoms with E-state index in [1.807, 2.05) is 42.3 Å². The molecule has 2 N–H and O–H groups in total. The SMILES string of the molecule is CN(CCNC(=O)CCNS(=O)(=O)c1cccc(Br)c1)c1ccccc1. The molecular weight excluding hydrogens is 418 g/mol. The number of benzene rings is 2. The van der Waals surface area contributed by atoms with Gasteiger partial charge in [0.1, 0.15) is 0 Å². The van der Waals surface area contributed by atoms with Crippen molar-refractivity contribution in [1.82, 2.24) is 10.0 Å². The molecule has 0 atom stereocenters. The van der Waals surface area contributed by atoms with E-state index < -0.39 is 10.0 Å². The van der Waals surface area contributed by atoms with Crippen molar-refractivity contribution in [3.63, 3.8) is 0 Å². The normalized spacial score (nSPS) is 11.2. The van der Waals surface area contributed by atoms with Gasteiger partial charge in [0.25, 0.3) is 0 Å². The molecule has 2 rings (SSSR count). The van der Waals surface area contributed by atoms with Crippen LogP contribution in [0, 0.1) is 0 Å². The van der Waals surface area contributed by atoms with E-state index in [1.165, 1.54) is 12.1 Å². The van der Waals surface area contributed by atoms with Crippen LogP contribution in [0.2, 0.25) is 0 Å². The fourth-order valence-corrected chi connectivity index (χ4v) is 3.91. The van der Waals surface area contributed by atoms with Gasteiger partial charge in [-0.25, -0.2) is 13.1 Å². The number of carbonyl (C=O) groups excluding carboxylic acids is 1. The summed E-state index contributed by atoms with van der Waals surface area (Å²) in [6.07, 6.45) is 0.0856. The third-order valence-electron chi connectivity index (χ3n) is 3.72. The molecule has 0 aliphatic heterocycles. The zero-order valence-electron chi connectivity index (χ0n) is 14.5. The summed E-state index contributed by atoms with van der Waals surface area (Å²) in [5.74, 6) is -0.191. The van der Waals surface area contributed by atoms with Gasteiger partial charge >= 0.3 is 0 Å². The minimum atomic E-state index is -3.62. The van der Waals surface area contributed by atoms with Crippen molar-refractivity contribution in [2.75, 3.05) is 31.6 Å². The number of sulfonamides is 1. The summed E-state index contributed by atoms with van der Waals surface area (Å²) >= 11 is 3.24. The lowest BCUT2D eigenvalue weighted by molar-refractivity contribution is -0.120. The van der Waals surface area contributed by atoms with Gasteiger partial charge in [0, 0.05) is 43.3 Å². The molecule has 2 aromatic rings. The molecule has 0 unspecified atom stereocenters. The highest BCUT2D eigenvalue weighted by Crippen LogP contribution is 2.15. The van der Waals surface area contributed by atoms with Crippen LogP contribution in [-0.2, 0) is 14.8 Å². The van der Waals surface area contributed by atoms with Crippen molar-refractivity contribution < 1.29 is 13.2 Å². The zero-order chi connectivity index (χ0) is 19.0. The van der Waals surface area contributed by atoms with Crippen LogP contribution in [0.25, 0.3) is 0 Å². The van der Waals surface area contributed by atoms with Crippen molar-refractivity contribution in [2.45, 2.75) is 11.3 Å².